The van der Waals surface area contributed by atoms with Crippen LogP contribution in [0.1, 0.15) is 17.3 Å². The molecule has 1 saturated heterocycles. The van der Waals surface area contributed by atoms with Crippen molar-refractivity contribution >= 4 is 29.3 Å². The topological polar surface area (TPSA) is 20.3 Å². The van der Waals surface area contributed by atoms with Gasteiger partial charge in [0.2, 0.25) is 0 Å². The van der Waals surface area contributed by atoms with Gasteiger partial charge < -0.3 is 4.90 Å². The van der Waals surface area contributed by atoms with Crippen molar-refractivity contribution in [2.24, 2.45) is 0 Å². The molecule has 0 radical (unpaired) electrons. The van der Waals surface area contributed by atoms with E-state index in [1.54, 1.807) is 4.90 Å². The number of amides is 1. The van der Waals surface area contributed by atoms with E-state index < -0.39 is 5.82 Å². The van der Waals surface area contributed by atoms with Gasteiger partial charge in [-0.15, -0.1) is 0 Å². The fourth-order valence-electron chi connectivity index (χ4n) is 1.84. The van der Waals surface area contributed by atoms with E-state index >= 15 is 0 Å². The summed E-state index contributed by atoms with van der Waals surface area (Å²) in [5.74, 6) is 1.02. The second kappa shape index (κ2) is 5.27. The summed E-state index contributed by atoms with van der Waals surface area (Å²) in [5.41, 5.74) is 0.0660. The van der Waals surface area contributed by atoms with Gasteiger partial charge in [0.25, 0.3) is 5.91 Å². The standard InChI is InChI=1S/C12H13ClFNOS/c1-8-7-17-5-4-15(8)12(16)10-6-9(13)2-3-11(10)14/h2-3,6,8H,4-5,7H2,1H3. The predicted octanol–water partition coefficient (Wildman–Crippen LogP) is 3.06. The Morgan fingerprint density at radius 3 is 3.06 bits per heavy atom. The zero-order valence-electron chi connectivity index (χ0n) is 9.45. The van der Waals surface area contributed by atoms with Crippen molar-refractivity contribution in [2.75, 3.05) is 18.1 Å². The molecule has 1 aromatic rings. The Morgan fingerprint density at radius 1 is 1.59 bits per heavy atom. The molecular formula is C12H13ClFNOS. The van der Waals surface area contributed by atoms with Crippen LogP contribution in [0.5, 0.6) is 0 Å². The lowest BCUT2D eigenvalue weighted by Crippen LogP contribution is -2.44. The second-order valence-corrected chi connectivity index (χ2v) is 5.63. The summed E-state index contributed by atoms with van der Waals surface area (Å²) in [4.78, 5) is 13.9. The smallest absolute Gasteiger partial charge is 0.257 e. The zero-order valence-corrected chi connectivity index (χ0v) is 11.0. The van der Waals surface area contributed by atoms with Crippen molar-refractivity contribution in [3.63, 3.8) is 0 Å². The van der Waals surface area contributed by atoms with E-state index in [0.29, 0.717) is 11.6 Å². The van der Waals surface area contributed by atoms with E-state index in [0.717, 1.165) is 11.5 Å². The van der Waals surface area contributed by atoms with E-state index in [1.807, 2.05) is 18.7 Å². The number of benzene rings is 1. The Balaban J connectivity index is 2.26. The Labute approximate surface area is 109 Å². The molecule has 1 aliphatic heterocycles. The number of carbonyl (C=O) groups excluding carboxylic acids is 1. The maximum Gasteiger partial charge on any atom is 0.257 e. The highest BCUT2D eigenvalue weighted by molar-refractivity contribution is 7.99. The number of nitrogens with zero attached hydrogens (tertiary/aromatic N) is 1. The normalized spacial score (nSPS) is 20.4. The largest absolute Gasteiger partial charge is 0.334 e. The molecule has 1 heterocycles. The predicted molar refractivity (Wildman–Crippen MR) is 69.2 cm³/mol. The molecular weight excluding hydrogens is 261 g/mol. The van der Waals surface area contributed by atoms with E-state index in [2.05, 4.69) is 0 Å². The van der Waals surface area contributed by atoms with Gasteiger partial charge >= 0.3 is 0 Å². The van der Waals surface area contributed by atoms with Crippen LogP contribution in [0.4, 0.5) is 4.39 Å². The molecule has 17 heavy (non-hydrogen) atoms. The fraction of sp³-hybridized carbons (Fsp3) is 0.417. The average Bonchev–Trinajstić information content (AvgIpc) is 2.32. The minimum Gasteiger partial charge on any atom is -0.334 e. The van der Waals surface area contributed by atoms with Crippen LogP contribution in [0, 0.1) is 5.82 Å². The minimum atomic E-state index is -0.509. The summed E-state index contributed by atoms with van der Waals surface area (Å²) in [6, 6.07) is 4.22. The molecule has 2 nitrogen and oxygen atoms in total. The Bertz CT molecular complexity index is 441. The molecule has 1 aliphatic rings. The van der Waals surface area contributed by atoms with Gasteiger partial charge in [0.1, 0.15) is 5.82 Å². The van der Waals surface area contributed by atoms with E-state index in [9.17, 15) is 9.18 Å². The monoisotopic (exact) mass is 273 g/mol. The number of hydrogen-bond donors (Lipinski definition) is 0. The molecule has 1 fully saturated rings. The molecule has 1 unspecified atom stereocenters. The summed E-state index contributed by atoms with van der Waals surface area (Å²) < 4.78 is 13.6. The summed E-state index contributed by atoms with van der Waals surface area (Å²) in [6.45, 7) is 2.64. The highest BCUT2D eigenvalue weighted by Crippen LogP contribution is 2.21. The molecule has 0 saturated carbocycles. The summed E-state index contributed by atoms with van der Waals surface area (Å²) in [5, 5.41) is 0.383. The molecule has 1 amide bonds. The maximum atomic E-state index is 13.6. The number of halogens is 2. The van der Waals surface area contributed by atoms with Crippen molar-refractivity contribution < 1.29 is 9.18 Å². The number of carbonyl (C=O) groups is 1. The van der Waals surface area contributed by atoms with E-state index in [-0.39, 0.29) is 17.5 Å². The number of thioether (sulfide) groups is 1. The van der Waals surface area contributed by atoms with Crippen LogP contribution >= 0.6 is 23.4 Å². The fourth-order valence-corrected chi connectivity index (χ4v) is 3.03. The van der Waals surface area contributed by atoms with Crippen molar-refractivity contribution in [2.45, 2.75) is 13.0 Å². The summed E-state index contributed by atoms with van der Waals surface area (Å²) in [7, 11) is 0. The molecule has 0 spiro atoms. The minimum absolute atomic E-state index is 0.0660. The molecule has 5 heteroatoms. The number of rotatable bonds is 1. The van der Waals surface area contributed by atoms with Crippen molar-refractivity contribution in [1.29, 1.82) is 0 Å². The van der Waals surface area contributed by atoms with Gasteiger partial charge in [-0.3, -0.25) is 4.79 Å². The van der Waals surface area contributed by atoms with Crippen LogP contribution in [0.25, 0.3) is 0 Å². The molecule has 2 rings (SSSR count). The van der Waals surface area contributed by atoms with Gasteiger partial charge in [-0.25, -0.2) is 4.39 Å². The van der Waals surface area contributed by atoms with Crippen molar-refractivity contribution in [3.05, 3.63) is 34.6 Å². The SMILES string of the molecule is CC1CSCCN1C(=O)c1cc(Cl)ccc1F. The third kappa shape index (κ3) is 2.75. The Morgan fingerprint density at radius 2 is 2.35 bits per heavy atom. The first-order chi connectivity index (χ1) is 8.09. The molecule has 0 N–H and O–H groups in total. The van der Waals surface area contributed by atoms with Gasteiger partial charge in [0, 0.05) is 29.1 Å². The van der Waals surface area contributed by atoms with Crippen molar-refractivity contribution in [1.82, 2.24) is 4.90 Å². The molecule has 1 atom stereocenters. The van der Waals surface area contributed by atoms with Crippen LogP contribution in [-0.4, -0.2) is 34.9 Å². The maximum absolute atomic E-state index is 13.6. The lowest BCUT2D eigenvalue weighted by molar-refractivity contribution is 0.0711. The zero-order chi connectivity index (χ0) is 12.4. The second-order valence-electron chi connectivity index (χ2n) is 4.05. The summed E-state index contributed by atoms with van der Waals surface area (Å²) in [6.07, 6.45) is 0. The third-order valence-corrected chi connectivity index (χ3v) is 4.21. The number of hydrogen-bond acceptors (Lipinski definition) is 2. The highest BCUT2D eigenvalue weighted by Gasteiger charge is 2.26. The van der Waals surface area contributed by atoms with Crippen LogP contribution in [0.3, 0.4) is 0 Å². The quantitative estimate of drug-likeness (QED) is 0.784. The molecule has 0 aromatic heterocycles. The van der Waals surface area contributed by atoms with Crippen LogP contribution < -0.4 is 0 Å². The van der Waals surface area contributed by atoms with E-state index in [4.69, 9.17) is 11.6 Å². The first-order valence-corrected chi connectivity index (χ1v) is 6.96. The van der Waals surface area contributed by atoms with Gasteiger partial charge in [-0.2, -0.15) is 11.8 Å². The summed E-state index contributed by atoms with van der Waals surface area (Å²) >= 11 is 7.61. The highest BCUT2D eigenvalue weighted by atomic mass is 35.5. The van der Waals surface area contributed by atoms with Crippen LogP contribution in [-0.2, 0) is 0 Å². The van der Waals surface area contributed by atoms with E-state index in [1.165, 1.54) is 18.2 Å². The Hall–Kier alpha value is -0.740. The van der Waals surface area contributed by atoms with Gasteiger partial charge in [0.15, 0.2) is 0 Å². The molecule has 92 valence electrons. The molecule has 0 bridgehead atoms. The van der Waals surface area contributed by atoms with Gasteiger partial charge in [-0.1, -0.05) is 11.6 Å². The first kappa shape index (κ1) is 12.7. The van der Waals surface area contributed by atoms with Crippen LogP contribution in [0.2, 0.25) is 5.02 Å². The van der Waals surface area contributed by atoms with Gasteiger partial charge in [-0.05, 0) is 25.1 Å². The van der Waals surface area contributed by atoms with Gasteiger partial charge in [0.05, 0.1) is 5.56 Å². The third-order valence-electron chi connectivity index (χ3n) is 2.79. The molecule has 0 aliphatic carbocycles. The first-order valence-electron chi connectivity index (χ1n) is 5.43. The Kier molecular flexibility index (Phi) is 3.94. The van der Waals surface area contributed by atoms with Crippen molar-refractivity contribution in [3.8, 4) is 0 Å². The molecule has 1 aromatic carbocycles. The lowest BCUT2D eigenvalue weighted by Gasteiger charge is -2.33. The lowest BCUT2D eigenvalue weighted by atomic mass is 10.1. The average molecular weight is 274 g/mol. The van der Waals surface area contributed by atoms with Crippen LogP contribution in [0.15, 0.2) is 18.2 Å².